The van der Waals surface area contributed by atoms with E-state index in [0.29, 0.717) is 25.6 Å². The van der Waals surface area contributed by atoms with Crippen molar-refractivity contribution in [2.45, 2.75) is 26.1 Å². The van der Waals surface area contributed by atoms with Gasteiger partial charge in [-0.15, -0.1) is 0 Å². The number of imidazole rings is 1. The average Bonchev–Trinajstić information content (AvgIpc) is 3.31. The van der Waals surface area contributed by atoms with Crippen LogP contribution in [0.25, 0.3) is 11.0 Å². The maximum atomic E-state index is 12.7. The van der Waals surface area contributed by atoms with Gasteiger partial charge in [-0.25, -0.2) is 9.78 Å². The minimum Gasteiger partial charge on any atom is -0.497 e. The van der Waals surface area contributed by atoms with Crippen LogP contribution in [0.5, 0.6) is 5.75 Å². The number of hydrogen-bond acceptors (Lipinski definition) is 4. The standard InChI is InChI=1S/C21H23N5O3/c1-14(19(27)22-13-15-6-5-7-16(12-15)29-2)23-21(28)26-11-10-25-18-9-4-3-8-17(18)24-20(25)26/h3-9,12,14H,10-11,13H2,1-2H3,(H,22,27)(H,23,28)/t14-/m0/s1. The van der Waals surface area contributed by atoms with E-state index in [1.165, 1.54) is 0 Å². The van der Waals surface area contributed by atoms with Gasteiger partial charge in [0.2, 0.25) is 11.9 Å². The molecule has 0 bridgehead atoms. The zero-order valence-electron chi connectivity index (χ0n) is 16.4. The predicted molar refractivity (Wildman–Crippen MR) is 110 cm³/mol. The molecule has 1 aliphatic heterocycles. The summed E-state index contributed by atoms with van der Waals surface area (Å²) in [6, 6.07) is 14.3. The van der Waals surface area contributed by atoms with Crippen molar-refractivity contribution in [1.29, 1.82) is 0 Å². The molecular formula is C21H23N5O3. The van der Waals surface area contributed by atoms with E-state index in [1.54, 1.807) is 18.9 Å². The van der Waals surface area contributed by atoms with Crippen molar-refractivity contribution < 1.29 is 14.3 Å². The van der Waals surface area contributed by atoms with Crippen LogP contribution in [0.1, 0.15) is 12.5 Å². The highest BCUT2D eigenvalue weighted by molar-refractivity contribution is 5.96. The lowest BCUT2D eigenvalue weighted by Gasteiger charge is -2.19. The number of ether oxygens (including phenoxy) is 1. The molecule has 0 aliphatic carbocycles. The Kier molecular flexibility index (Phi) is 5.07. The zero-order valence-corrected chi connectivity index (χ0v) is 16.4. The lowest BCUT2D eigenvalue weighted by atomic mass is 10.2. The monoisotopic (exact) mass is 393 g/mol. The summed E-state index contributed by atoms with van der Waals surface area (Å²) in [4.78, 5) is 31.3. The van der Waals surface area contributed by atoms with Gasteiger partial charge in [0, 0.05) is 19.6 Å². The highest BCUT2D eigenvalue weighted by atomic mass is 16.5. The third kappa shape index (κ3) is 3.73. The quantitative estimate of drug-likeness (QED) is 0.696. The first-order chi connectivity index (χ1) is 14.1. The third-order valence-corrected chi connectivity index (χ3v) is 5.00. The van der Waals surface area contributed by atoms with Crippen molar-refractivity contribution >= 4 is 28.9 Å². The first-order valence-corrected chi connectivity index (χ1v) is 9.51. The number of fused-ring (bicyclic) bond motifs is 3. The highest BCUT2D eigenvalue weighted by Crippen LogP contribution is 2.27. The van der Waals surface area contributed by atoms with Crippen LogP contribution in [0.15, 0.2) is 48.5 Å². The normalized spacial score (nSPS) is 13.8. The molecule has 2 heterocycles. The molecular weight excluding hydrogens is 370 g/mol. The van der Waals surface area contributed by atoms with Crippen LogP contribution in [0, 0.1) is 0 Å². The first-order valence-electron chi connectivity index (χ1n) is 9.51. The second-order valence-electron chi connectivity index (χ2n) is 6.94. The van der Waals surface area contributed by atoms with Gasteiger partial charge < -0.3 is 19.9 Å². The van der Waals surface area contributed by atoms with E-state index in [-0.39, 0.29) is 11.9 Å². The summed E-state index contributed by atoms with van der Waals surface area (Å²) in [7, 11) is 1.60. The van der Waals surface area contributed by atoms with Crippen LogP contribution in [0.3, 0.4) is 0 Å². The summed E-state index contributed by atoms with van der Waals surface area (Å²) in [6.07, 6.45) is 0. The number of nitrogens with zero attached hydrogens (tertiary/aromatic N) is 3. The highest BCUT2D eigenvalue weighted by Gasteiger charge is 2.29. The second kappa shape index (κ2) is 7.83. The van der Waals surface area contributed by atoms with E-state index in [4.69, 9.17) is 4.74 Å². The first kappa shape index (κ1) is 18.8. The number of urea groups is 1. The molecule has 0 unspecified atom stereocenters. The molecule has 8 heteroatoms. The van der Waals surface area contributed by atoms with Crippen LogP contribution in [-0.4, -0.2) is 41.2 Å². The Morgan fingerprint density at radius 3 is 2.83 bits per heavy atom. The molecule has 1 aliphatic rings. The Morgan fingerprint density at radius 2 is 2.00 bits per heavy atom. The Balaban J connectivity index is 1.37. The minimum atomic E-state index is -0.675. The predicted octanol–water partition coefficient (Wildman–Crippen LogP) is 2.28. The number of carbonyl (C=O) groups excluding carboxylic acids is 2. The minimum absolute atomic E-state index is 0.256. The van der Waals surface area contributed by atoms with Gasteiger partial charge in [-0.1, -0.05) is 24.3 Å². The number of amides is 3. The third-order valence-electron chi connectivity index (χ3n) is 5.00. The molecule has 0 fully saturated rings. The number of para-hydroxylation sites is 2. The molecule has 29 heavy (non-hydrogen) atoms. The van der Waals surface area contributed by atoms with E-state index >= 15 is 0 Å². The van der Waals surface area contributed by atoms with E-state index in [1.807, 2.05) is 53.1 Å². The van der Waals surface area contributed by atoms with Gasteiger partial charge >= 0.3 is 6.03 Å². The molecule has 2 aromatic carbocycles. The number of carbonyl (C=O) groups is 2. The topological polar surface area (TPSA) is 88.5 Å². The van der Waals surface area contributed by atoms with Crippen molar-refractivity contribution in [3.8, 4) is 5.75 Å². The molecule has 3 aromatic rings. The Morgan fingerprint density at radius 1 is 1.17 bits per heavy atom. The second-order valence-corrected chi connectivity index (χ2v) is 6.94. The number of hydrogen-bond donors (Lipinski definition) is 2. The fraction of sp³-hybridized carbons (Fsp3) is 0.286. The molecule has 0 radical (unpaired) electrons. The number of nitrogens with one attached hydrogen (secondary N) is 2. The summed E-state index contributed by atoms with van der Waals surface area (Å²) in [5, 5.41) is 5.60. The molecule has 150 valence electrons. The molecule has 4 rings (SSSR count). The Hall–Kier alpha value is -3.55. The van der Waals surface area contributed by atoms with Gasteiger partial charge in [0.1, 0.15) is 11.8 Å². The largest absolute Gasteiger partial charge is 0.497 e. The number of aromatic nitrogens is 2. The van der Waals surface area contributed by atoms with Crippen LogP contribution in [0.4, 0.5) is 10.7 Å². The van der Waals surface area contributed by atoms with Crippen LogP contribution in [0.2, 0.25) is 0 Å². The van der Waals surface area contributed by atoms with Crippen molar-refractivity contribution in [1.82, 2.24) is 20.2 Å². The van der Waals surface area contributed by atoms with Crippen LogP contribution >= 0.6 is 0 Å². The number of benzene rings is 2. The smallest absolute Gasteiger partial charge is 0.324 e. The van der Waals surface area contributed by atoms with Gasteiger partial charge in [0.25, 0.3) is 0 Å². The molecule has 1 atom stereocenters. The molecule has 3 amide bonds. The lowest BCUT2D eigenvalue weighted by Crippen LogP contribution is -2.49. The molecule has 0 spiro atoms. The van der Waals surface area contributed by atoms with E-state index in [2.05, 4.69) is 15.6 Å². The molecule has 0 saturated heterocycles. The lowest BCUT2D eigenvalue weighted by molar-refractivity contribution is -0.122. The van der Waals surface area contributed by atoms with Crippen LogP contribution in [-0.2, 0) is 17.9 Å². The molecule has 1 aromatic heterocycles. The average molecular weight is 393 g/mol. The van der Waals surface area contributed by atoms with E-state index < -0.39 is 6.04 Å². The van der Waals surface area contributed by atoms with Crippen molar-refractivity contribution in [3.63, 3.8) is 0 Å². The van der Waals surface area contributed by atoms with Gasteiger partial charge in [-0.2, -0.15) is 0 Å². The molecule has 8 nitrogen and oxygen atoms in total. The summed E-state index contributed by atoms with van der Waals surface area (Å²) >= 11 is 0. The van der Waals surface area contributed by atoms with Crippen molar-refractivity contribution in [2.24, 2.45) is 0 Å². The maximum Gasteiger partial charge on any atom is 0.324 e. The molecule has 2 N–H and O–H groups in total. The molecule has 0 saturated carbocycles. The number of anilines is 1. The summed E-state index contributed by atoms with van der Waals surface area (Å²) < 4.78 is 7.20. The van der Waals surface area contributed by atoms with E-state index in [0.717, 1.165) is 22.3 Å². The van der Waals surface area contributed by atoms with Crippen LogP contribution < -0.4 is 20.3 Å². The Labute approximate surface area is 168 Å². The zero-order chi connectivity index (χ0) is 20.4. The van der Waals surface area contributed by atoms with Gasteiger partial charge in [0.05, 0.1) is 18.1 Å². The van der Waals surface area contributed by atoms with Crippen molar-refractivity contribution in [3.05, 3.63) is 54.1 Å². The number of rotatable bonds is 5. The number of methoxy groups -OCH3 is 1. The maximum absolute atomic E-state index is 12.7. The SMILES string of the molecule is COc1cccc(CNC(=O)[C@H](C)NC(=O)N2CCn3c2nc2ccccc23)c1. The fourth-order valence-electron chi connectivity index (χ4n) is 3.44. The summed E-state index contributed by atoms with van der Waals surface area (Å²) in [5.41, 5.74) is 2.77. The summed E-state index contributed by atoms with van der Waals surface area (Å²) in [5.74, 6) is 1.08. The van der Waals surface area contributed by atoms with Gasteiger partial charge in [-0.3, -0.25) is 9.69 Å². The Bertz CT molecular complexity index is 1060. The van der Waals surface area contributed by atoms with Gasteiger partial charge in [-0.05, 0) is 36.8 Å². The van der Waals surface area contributed by atoms with Gasteiger partial charge in [0.15, 0.2) is 0 Å². The fourth-order valence-corrected chi connectivity index (χ4v) is 3.44. The van der Waals surface area contributed by atoms with Crippen molar-refractivity contribution in [2.75, 3.05) is 18.6 Å². The van der Waals surface area contributed by atoms with E-state index in [9.17, 15) is 9.59 Å². The summed E-state index contributed by atoms with van der Waals surface area (Å²) in [6.45, 7) is 3.23.